The molecule has 0 saturated carbocycles. The van der Waals surface area contributed by atoms with E-state index >= 15 is 0 Å². The molecule has 2 N–H and O–H groups in total. The topological polar surface area (TPSA) is 83.1 Å². The number of hydrogen-bond acceptors (Lipinski definition) is 6. The third kappa shape index (κ3) is 3.72. The minimum Gasteiger partial charge on any atom is -0.496 e. The van der Waals surface area contributed by atoms with E-state index in [-0.39, 0.29) is 5.88 Å². The lowest BCUT2D eigenvalue weighted by molar-refractivity contribution is 0.197. The molecular weight excluding hydrogens is 331 g/mol. The third-order valence-electron chi connectivity index (χ3n) is 4.76. The smallest absolute Gasteiger partial charge is 0.496 e. The van der Waals surface area contributed by atoms with Crippen LogP contribution in [-0.2, 0) is 6.54 Å². The first-order valence-electron chi connectivity index (χ1n) is 8.83. The SMILES string of the molecule is OB(O)Oc1cc2nccc(C3CCCN(Cc4ccccc4)C3)n2n1. The van der Waals surface area contributed by atoms with E-state index in [0.29, 0.717) is 11.6 Å². The molecule has 4 rings (SSSR count). The van der Waals surface area contributed by atoms with E-state index in [9.17, 15) is 0 Å². The molecule has 1 saturated heterocycles. The summed E-state index contributed by atoms with van der Waals surface area (Å²) in [4.78, 5) is 6.76. The number of hydrogen-bond donors (Lipinski definition) is 2. The maximum atomic E-state index is 8.98. The van der Waals surface area contributed by atoms with Crippen molar-refractivity contribution in [2.45, 2.75) is 25.3 Å². The summed E-state index contributed by atoms with van der Waals surface area (Å²) in [5.74, 6) is 0.488. The normalized spacial score (nSPS) is 18.2. The Morgan fingerprint density at radius 1 is 1.19 bits per heavy atom. The molecule has 0 radical (unpaired) electrons. The quantitative estimate of drug-likeness (QED) is 0.677. The van der Waals surface area contributed by atoms with E-state index in [2.05, 4.69) is 39.2 Å². The fraction of sp³-hybridized carbons (Fsp3) is 0.333. The molecule has 26 heavy (non-hydrogen) atoms. The Balaban J connectivity index is 1.55. The van der Waals surface area contributed by atoms with E-state index in [1.54, 1.807) is 16.8 Å². The summed E-state index contributed by atoms with van der Waals surface area (Å²) in [6, 6.07) is 14.1. The molecule has 0 aliphatic carbocycles. The van der Waals surface area contributed by atoms with Crippen molar-refractivity contribution in [1.29, 1.82) is 0 Å². The molecule has 1 aromatic carbocycles. The zero-order chi connectivity index (χ0) is 17.9. The van der Waals surface area contributed by atoms with Crippen LogP contribution in [-0.4, -0.2) is 50.0 Å². The van der Waals surface area contributed by atoms with Crippen LogP contribution >= 0.6 is 0 Å². The van der Waals surface area contributed by atoms with Gasteiger partial charge in [0.1, 0.15) is 0 Å². The Bertz CT molecular complexity index is 871. The summed E-state index contributed by atoms with van der Waals surface area (Å²) in [6.07, 6.45) is 3.98. The Hall–Kier alpha value is -2.42. The third-order valence-corrected chi connectivity index (χ3v) is 4.76. The Morgan fingerprint density at radius 2 is 2.04 bits per heavy atom. The van der Waals surface area contributed by atoms with Crippen LogP contribution in [0.5, 0.6) is 5.88 Å². The first kappa shape index (κ1) is 17.0. The van der Waals surface area contributed by atoms with Crippen molar-refractivity contribution in [1.82, 2.24) is 19.5 Å². The zero-order valence-corrected chi connectivity index (χ0v) is 14.4. The summed E-state index contributed by atoms with van der Waals surface area (Å²) >= 11 is 0. The lowest BCUT2D eigenvalue weighted by Crippen LogP contribution is -2.34. The molecular formula is C18H21BN4O3. The summed E-state index contributed by atoms with van der Waals surface area (Å²) in [6.45, 7) is 2.98. The molecule has 1 aliphatic heterocycles. The van der Waals surface area contributed by atoms with Gasteiger partial charge in [-0.25, -0.2) is 9.50 Å². The highest BCUT2D eigenvalue weighted by Crippen LogP contribution is 2.28. The average Bonchev–Trinajstić information content (AvgIpc) is 3.04. The van der Waals surface area contributed by atoms with Crippen molar-refractivity contribution >= 4 is 13.0 Å². The number of likely N-dealkylation sites (tertiary alicyclic amines) is 1. The summed E-state index contributed by atoms with van der Waals surface area (Å²) < 4.78 is 6.61. The zero-order valence-electron chi connectivity index (χ0n) is 14.4. The van der Waals surface area contributed by atoms with Crippen LogP contribution < -0.4 is 4.65 Å². The van der Waals surface area contributed by atoms with Crippen molar-refractivity contribution in [2.75, 3.05) is 13.1 Å². The second-order valence-corrected chi connectivity index (χ2v) is 6.63. The Kier molecular flexibility index (Phi) is 4.88. The lowest BCUT2D eigenvalue weighted by atomic mass is 9.94. The van der Waals surface area contributed by atoms with Crippen molar-refractivity contribution < 1.29 is 14.7 Å². The molecule has 0 bridgehead atoms. The Labute approximate surface area is 152 Å². The highest BCUT2D eigenvalue weighted by atomic mass is 16.6. The molecule has 1 fully saturated rings. The second kappa shape index (κ2) is 7.45. The van der Waals surface area contributed by atoms with Crippen molar-refractivity contribution in [3.63, 3.8) is 0 Å². The molecule has 2 aromatic heterocycles. The van der Waals surface area contributed by atoms with Crippen LogP contribution in [0.2, 0.25) is 0 Å². The molecule has 1 atom stereocenters. The minimum absolute atomic E-state index is 0.150. The maximum Gasteiger partial charge on any atom is 0.708 e. The minimum atomic E-state index is -1.89. The monoisotopic (exact) mass is 352 g/mol. The van der Waals surface area contributed by atoms with Crippen LogP contribution in [0, 0.1) is 0 Å². The highest BCUT2D eigenvalue weighted by molar-refractivity contribution is 6.33. The molecule has 0 spiro atoms. The first-order valence-corrected chi connectivity index (χ1v) is 8.83. The van der Waals surface area contributed by atoms with Gasteiger partial charge in [0.2, 0.25) is 5.88 Å². The van der Waals surface area contributed by atoms with Gasteiger partial charge in [0, 0.05) is 31.3 Å². The number of nitrogens with zero attached hydrogens (tertiary/aromatic N) is 4. The van der Waals surface area contributed by atoms with Crippen molar-refractivity contribution in [3.8, 4) is 5.88 Å². The van der Waals surface area contributed by atoms with Crippen LogP contribution in [0.1, 0.15) is 30.0 Å². The summed E-state index contributed by atoms with van der Waals surface area (Å²) in [5.41, 5.74) is 3.02. The predicted octanol–water partition coefficient (Wildman–Crippen LogP) is 1.46. The largest absolute Gasteiger partial charge is 0.708 e. The number of rotatable bonds is 5. The molecule has 0 amide bonds. The Morgan fingerprint density at radius 3 is 2.85 bits per heavy atom. The van der Waals surface area contributed by atoms with Gasteiger partial charge >= 0.3 is 7.32 Å². The fourth-order valence-corrected chi connectivity index (χ4v) is 3.65. The lowest BCUT2D eigenvalue weighted by Gasteiger charge is -2.33. The number of benzene rings is 1. The maximum absolute atomic E-state index is 8.98. The van der Waals surface area contributed by atoms with E-state index < -0.39 is 7.32 Å². The van der Waals surface area contributed by atoms with Crippen molar-refractivity contribution in [2.24, 2.45) is 0 Å². The fourth-order valence-electron chi connectivity index (χ4n) is 3.65. The molecule has 8 heteroatoms. The summed E-state index contributed by atoms with van der Waals surface area (Å²) in [7, 11) is -1.89. The van der Waals surface area contributed by atoms with Gasteiger partial charge in [0.05, 0.1) is 5.69 Å². The number of fused-ring (bicyclic) bond motifs is 1. The van der Waals surface area contributed by atoms with Gasteiger partial charge in [-0.3, -0.25) is 4.90 Å². The number of piperidine rings is 1. The van der Waals surface area contributed by atoms with Crippen LogP contribution in [0.25, 0.3) is 5.65 Å². The van der Waals surface area contributed by atoms with Crippen LogP contribution in [0.15, 0.2) is 48.7 Å². The molecule has 3 aromatic rings. The van der Waals surface area contributed by atoms with E-state index in [0.717, 1.165) is 38.2 Å². The molecule has 134 valence electrons. The van der Waals surface area contributed by atoms with Crippen LogP contribution in [0.3, 0.4) is 0 Å². The summed E-state index contributed by atoms with van der Waals surface area (Å²) in [5, 5.41) is 22.3. The first-order chi connectivity index (χ1) is 12.7. The van der Waals surface area contributed by atoms with Gasteiger partial charge in [0.25, 0.3) is 0 Å². The van der Waals surface area contributed by atoms with E-state index in [1.165, 1.54) is 5.56 Å². The predicted molar refractivity (Wildman–Crippen MR) is 97.5 cm³/mol. The molecule has 1 aliphatic rings. The van der Waals surface area contributed by atoms with Gasteiger partial charge in [-0.2, -0.15) is 0 Å². The highest BCUT2D eigenvalue weighted by Gasteiger charge is 2.24. The average molecular weight is 352 g/mol. The standard InChI is InChI=1S/C18H21BN4O3/c24-19(25)26-18-11-17-20-9-8-16(23(17)21-18)15-7-4-10-22(13-15)12-14-5-2-1-3-6-14/h1-3,5-6,8-9,11,15,24-25H,4,7,10,12-13H2. The van der Waals surface area contributed by atoms with Gasteiger partial charge in [-0.05, 0) is 31.0 Å². The van der Waals surface area contributed by atoms with Gasteiger partial charge in [-0.15, -0.1) is 5.10 Å². The van der Waals surface area contributed by atoms with E-state index in [1.807, 2.05) is 12.1 Å². The molecule has 7 nitrogen and oxygen atoms in total. The second-order valence-electron chi connectivity index (χ2n) is 6.63. The van der Waals surface area contributed by atoms with Gasteiger partial charge in [-0.1, -0.05) is 30.3 Å². The van der Waals surface area contributed by atoms with Gasteiger partial charge < -0.3 is 14.7 Å². The van der Waals surface area contributed by atoms with Crippen LogP contribution in [0.4, 0.5) is 0 Å². The van der Waals surface area contributed by atoms with E-state index in [4.69, 9.17) is 14.7 Å². The molecule has 1 unspecified atom stereocenters. The number of aromatic nitrogens is 3. The van der Waals surface area contributed by atoms with Gasteiger partial charge in [0.15, 0.2) is 5.65 Å². The molecule has 3 heterocycles. The van der Waals surface area contributed by atoms with Crippen molar-refractivity contribution in [3.05, 3.63) is 59.9 Å².